The van der Waals surface area contributed by atoms with Crippen molar-refractivity contribution in [3.8, 4) is 0 Å². The fourth-order valence-corrected chi connectivity index (χ4v) is 1.22. The van der Waals surface area contributed by atoms with E-state index in [0.717, 1.165) is 5.69 Å². The van der Waals surface area contributed by atoms with Gasteiger partial charge >= 0.3 is 0 Å². The molecule has 16 heavy (non-hydrogen) atoms. The Hall–Kier alpha value is -1.43. The van der Waals surface area contributed by atoms with Gasteiger partial charge in [0, 0.05) is 19.6 Å². The van der Waals surface area contributed by atoms with Crippen LogP contribution in [0.15, 0.2) is 6.20 Å². The van der Waals surface area contributed by atoms with E-state index in [2.05, 4.69) is 15.6 Å². The molecule has 0 saturated carbocycles. The van der Waals surface area contributed by atoms with E-state index in [9.17, 15) is 4.79 Å². The minimum absolute atomic E-state index is 0.0379. The van der Waals surface area contributed by atoms with Gasteiger partial charge in [0.05, 0.1) is 11.9 Å². The predicted molar refractivity (Wildman–Crippen MR) is 60.7 cm³/mol. The van der Waals surface area contributed by atoms with Crippen LogP contribution in [0.25, 0.3) is 0 Å². The zero-order chi connectivity index (χ0) is 12.1. The predicted octanol–water partition coefficient (Wildman–Crippen LogP) is -0.136. The molecular weight excluding hydrogens is 206 g/mol. The number of nitrogens with one attached hydrogen (secondary N) is 1. The number of nitrogens with zero attached hydrogens (tertiary/aromatic N) is 4. The van der Waals surface area contributed by atoms with Crippen molar-refractivity contribution in [2.24, 2.45) is 0 Å². The van der Waals surface area contributed by atoms with Gasteiger partial charge in [0.1, 0.15) is 6.54 Å². The molecule has 6 nitrogen and oxygen atoms in total. The first kappa shape index (κ1) is 12.6. The Kier molecular flexibility index (Phi) is 4.42. The number of rotatable bonds is 5. The first-order valence-electron chi connectivity index (χ1n) is 5.34. The quantitative estimate of drug-likeness (QED) is 0.758. The Labute approximate surface area is 95.6 Å². The largest absolute Gasteiger partial charge is 0.342 e. The molecule has 1 aromatic rings. The summed E-state index contributed by atoms with van der Waals surface area (Å²) in [5.41, 5.74) is 0.836. The van der Waals surface area contributed by atoms with Crippen molar-refractivity contribution in [3.63, 3.8) is 0 Å². The van der Waals surface area contributed by atoms with E-state index in [1.807, 2.05) is 20.9 Å². The third kappa shape index (κ3) is 3.30. The highest BCUT2D eigenvalue weighted by molar-refractivity contribution is 5.75. The molecule has 0 fully saturated rings. The van der Waals surface area contributed by atoms with E-state index in [1.165, 1.54) is 0 Å². The fraction of sp³-hybridized carbons (Fsp3) is 0.700. The molecule has 0 atom stereocenters. The van der Waals surface area contributed by atoms with E-state index in [4.69, 9.17) is 0 Å². The number of amides is 1. The molecule has 6 heteroatoms. The summed E-state index contributed by atoms with van der Waals surface area (Å²) in [6.07, 6.45) is 1.78. The van der Waals surface area contributed by atoms with Crippen molar-refractivity contribution in [2.45, 2.75) is 33.0 Å². The second kappa shape index (κ2) is 5.60. The number of aromatic nitrogens is 3. The lowest BCUT2D eigenvalue weighted by atomic mass is 10.3. The lowest BCUT2D eigenvalue weighted by Crippen LogP contribution is -2.35. The zero-order valence-electron chi connectivity index (χ0n) is 10.3. The Morgan fingerprint density at radius 2 is 2.31 bits per heavy atom. The van der Waals surface area contributed by atoms with Crippen LogP contribution < -0.4 is 5.32 Å². The summed E-state index contributed by atoms with van der Waals surface area (Å²) < 4.78 is 1.56. The van der Waals surface area contributed by atoms with Crippen molar-refractivity contribution in [2.75, 3.05) is 14.1 Å². The van der Waals surface area contributed by atoms with Gasteiger partial charge in [-0.25, -0.2) is 4.68 Å². The summed E-state index contributed by atoms with van der Waals surface area (Å²) in [5.74, 6) is 0.0379. The van der Waals surface area contributed by atoms with Gasteiger partial charge < -0.3 is 10.2 Å². The lowest BCUT2D eigenvalue weighted by Gasteiger charge is -2.20. The summed E-state index contributed by atoms with van der Waals surface area (Å²) >= 11 is 0. The van der Waals surface area contributed by atoms with E-state index < -0.39 is 0 Å². The van der Waals surface area contributed by atoms with E-state index >= 15 is 0 Å². The molecule has 1 amide bonds. The summed E-state index contributed by atoms with van der Waals surface area (Å²) in [5, 5.41) is 10.8. The van der Waals surface area contributed by atoms with E-state index in [-0.39, 0.29) is 18.5 Å². The standard InChI is InChI=1S/C10H19N5O/c1-8(2)14(4)10(16)7-15-6-9(5-11-3)12-13-15/h6,8,11H,5,7H2,1-4H3. The highest BCUT2D eigenvalue weighted by Crippen LogP contribution is 1.98. The van der Waals surface area contributed by atoms with Crippen LogP contribution in [-0.2, 0) is 17.9 Å². The van der Waals surface area contributed by atoms with Crippen LogP contribution in [0.1, 0.15) is 19.5 Å². The van der Waals surface area contributed by atoms with Crippen LogP contribution in [-0.4, -0.2) is 45.9 Å². The molecule has 90 valence electrons. The molecular formula is C10H19N5O. The van der Waals surface area contributed by atoms with E-state index in [0.29, 0.717) is 6.54 Å². The number of hydrogen-bond acceptors (Lipinski definition) is 4. The van der Waals surface area contributed by atoms with Crippen LogP contribution in [0.2, 0.25) is 0 Å². The Morgan fingerprint density at radius 3 is 2.88 bits per heavy atom. The molecule has 0 unspecified atom stereocenters. The number of likely N-dealkylation sites (N-methyl/N-ethyl adjacent to an activating group) is 1. The summed E-state index contributed by atoms with van der Waals surface area (Å²) in [6, 6.07) is 0.202. The van der Waals surface area contributed by atoms with Gasteiger partial charge in [0.2, 0.25) is 5.91 Å². The molecule has 0 aliphatic carbocycles. The first-order valence-corrected chi connectivity index (χ1v) is 5.34. The average Bonchev–Trinajstić information content (AvgIpc) is 2.65. The second-order valence-corrected chi connectivity index (χ2v) is 4.04. The van der Waals surface area contributed by atoms with Crippen LogP contribution in [0.4, 0.5) is 0 Å². The van der Waals surface area contributed by atoms with Crippen molar-refractivity contribution in [1.29, 1.82) is 0 Å². The molecule has 1 rings (SSSR count). The maximum atomic E-state index is 11.7. The van der Waals surface area contributed by atoms with Gasteiger partial charge in [-0.3, -0.25) is 4.79 Å². The van der Waals surface area contributed by atoms with Gasteiger partial charge in [0.15, 0.2) is 0 Å². The van der Waals surface area contributed by atoms with Crippen molar-refractivity contribution < 1.29 is 4.79 Å². The number of hydrogen-bond donors (Lipinski definition) is 1. The van der Waals surface area contributed by atoms with Gasteiger partial charge in [-0.05, 0) is 20.9 Å². The molecule has 1 heterocycles. The summed E-state index contributed by atoms with van der Waals surface area (Å²) in [7, 11) is 3.63. The van der Waals surface area contributed by atoms with Crippen LogP contribution >= 0.6 is 0 Å². The molecule has 0 saturated heterocycles. The minimum atomic E-state index is 0.0379. The van der Waals surface area contributed by atoms with Crippen LogP contribution in [0.3, 0.4) is 0 Å². The van der Waals surface area contributed by atoms with Crippen LogP contribution in [0.5, 0.6) is 0 Å². The Morgan fingerprint density at radius 1 is 1.62 bits per heavy atom. The third-order valence-electron chi connectivity index (χ3n) is 2.41. The van der Waals surface area contributed by atoms with Gasteiger partial charge in [-0.2, -0.15) is 0 Å². The van der Waals surface area contributed by atoms with Crippen molar-refractivity contribution in [1.82, 2.24) is 25.2 Å². The molecule has 1 aromatic heterocycles. The Bertz CT molecular complexity index is 347. The lowest BCUT2D eigenvalue weighted by molar-refractivity contribution is -0.132. The fourth-order valence-electron chi connectivity index (χ4n) is 1.22. The van der Waals surface area contributed by atoms with Gasteiger partial charge in [-0.15, -0.1) is 5.10 Å². The Balaban J connectivity index is 2.56. The molecule has 0 aliphatic heterocycles. The summed E-state index contributed by atoms with van der Waals surface area (Å²) in [6.45, 7) is 4.86. The van der Waals surface area contributed by atoms with Crippen molar-refractivity contribution in [3.05, 3.63) is 11.9 Å². The molecule has 0 radical (unpaired) electrons. The van der Waals surface area contributed by atoms with Gasteiger partial charge in [-0.1, -0.05) is 5.21 Å². The topological polar surface area (TPSA) is 63.1 Å². The molecule has 0 aliphatic rings. The summed E-state index contributed by atoms with van der Waals surface area (Å²) in [4.78, 5) is 13.4. The average molecular weight is 225 g/mol. The second-order valence-electron chi connectivity index (χ2n) is 4.04. The SMILES string of the molecule is CNCc1cn(CC(=O)N(C)C(C)C)nn1. The molecule has 0 spiro atoms. The van der Waals surface area contributed by atoms with Crippen molar-refractivity contribution >= 4 is 5.91 Å². The maximum Gasteiger partial charge on any atom is 0.244 e. The zero-order valence-corrected chi connectivity index (χ0v) is 10.3. The molecule has 0 aromatic carbocycles. The third-order valence-corrected chi connectivity index (χ3v) is 2.41. The highest BCUT2D eigenvalue weighted by Gasteiger charge is 2.13. The first-order chi connectivity index (χ1) is 7.54. The maximum absolute atomic E-state index is 11.7. The number of carbonyl (C=O) groups excluding carboxylic acids is 1. The normalized spacial score (nSPS) is 10.8. The molecule has 0 bridgehead atoms. The molecule has 1 N–H and O–H groups in total. The highest BCUT2D eigenvalue weighted by atomic mass is 16.2. The number of carbonyl (C=O) groups is 1. The smallest absolute Gasteiger partial charge is 0.244 e. The monoisotopic (exact) mass is 225 g/mol. The minimum Gasteiger partial charge on any atom is -0.342 e. The van der Waals surface area contributed by atoms with E-state index in [1.54, 1.807) is 22.8 Å². The van der Waals surface area contributed by atoms with Crippen LogP contribution in [0, 0.1) is 0 Å². The van der Waals surface area contributed by atoms with Gasteiger partial charge in [0.25, 0.3) is 0 Å².